The van der Waals surface area contributed by atoms with Gasteiger partial charge in [-0.25, -0.2) is 9.18 Å². The maximum atomic E-state index is 13.8. The first-order chi connectivity index (χ1) is 12.9. The number of esters is 1. The van der Waals surface area contributed by atoms with E-state index in [4.69, 9.17) is 5.11 Å². The number of carbonyl (C=O) groups is 2. The van der Waals surface area contributed by atoms with Crippen molar-refractivity contribution in [2.75, 3.05) is 18.2 Å². The first-order valence-corrected chi connectivity index (χ1v) is 8.96. The zero-order valence-corrected chi connectivity index (χ0v) is 17.0. The molecule has 0 aliphatic rings. The Morgan fingerprint density at radius 1 is 1.25 bits per heavy atom. The van der Waals surface area contributed by atoms with Crippen LogP contribution in [0.4, 0.5) is 23.2 Å². The molecule has 11 heteroatoms. The van der Waals surface area contributed by atoms with Crippen LogP contribution in [0.5, 0.6) is 0 Å². The van der Waals surface area contributed by atoms with E-state index in [1.165, 1.54) is 6.92 Å². The minimum absolute atomic E-state index is 0.251. The zero-order valence-electron chi connectivity index (χ0n) is 16.1. The Bertz CT molecular complexity index is 638. The molecule has 0 saturated carbocycles. The summed E-state index contributed by atoms with van der Waals surface area (Å²) < 4.78 is 56.1. The number of aliphatic hydroxyl groups is 2. The highest BCUT2D eigenvalue weighted by atomic mass is 32.1. The average molecular weight is 431 g/mol. The van der Waals surface area contributed by atoms with Crippen LogP contribution in [0.25, 0.3) is 0 Å². The third kappa shape index (κ3) is 8.03. The van der Waals surface area contributed by atoms with Gasteiger partial charge in [0.2, 0.25) is 5.60 Å². The van der Waals surface area contributed by atoms with E-state index >= 15 is 0 Å². The molecule has 0 radical (unpaired) electrons. The van der Waals surface area contributed by atoms with Crippen molar-refractivity contribution in [3.05, 3.63) is 29.6 Å². The van der Waals surface area contributed by atoms with Gasteiger partial charge in [-0.3, -0.25) is 4.79 Å². The van der Waals surface area contributed by atoms with Gasteiger partial charge in [-0.1, -0.05) is 13.8 Å². The van der Waals surface area contributed by atoms with Gasteiger partial charge in [0.15, 0.2) is 0 Å². The van der Waals surface area contributed by atoms with Crippen molar-refractivity contribution in [2.45, 2.75) is 45.6 Å². The van der Waals surface area contributed by atoms with E-state index in [0.29, 0.717) is 6.07 Å². The number of anilines is 1. The molecule has 1 rings (SSSR count). The molecule has 162 valence electrons. The van der Waals surface area contributed by atoms with Gasteiger partial charge in [0, 0.05) is 5.69 Å². The first kappa shape index (κ1) is 28.4. The summed E-state index contributed by atoms with van der Waals surface area (Å²) in [6, 6.07) is 2.46. The number of thiol groups is 1. The summed E-state index contributed by atoms with van der Waals surface area (Å²) in [6.45, 7) is 5.14. The van der Waals surface area contributed by atoms with Crippen LogP contribution in [0.2, 0.25) is 0 Å². The summed E-state index contributed by atoms with van der Waals surface area (Å²) in [5.41, 5.74) is -4.60. The SMILES string of the molecule is CC.CC(CO)OC(=O)c1ccc(NC(=O)C(C)(O)C(F)(F)F)cc1F.CS. The van der Waals surface area contributed by atoms with E-state index in [2.05, 4.69) is 17.4 Å². The predicted molar refractivity (Wildman–Crippen MR) is 99.9 cm³/mol. The number of ether oxygens (including phenoxy) is 1. The fourth-order valence-corrected chi connectivity index (χ4v) is 1.42. The number of alkyl halides is 3. The number of benzene rings is 1. The van der Waals surface area contributed by atoms with E-state index in [1.54, 1.807) is 11.6 Å². The van der Waals surface area contributed by atoms with Crippen LogP contribution in [0.15, 0.2) is 18.2 Å². The van der Waals surface area contributed by atoms with Gasteiger partial charge in [0.1, 0.15) is 11.9 Å². The molecule has 1 aromatic carbocycles. The molecule has 28 heavy (non-hydrogen) atoms. The highest BCUT2D eigenvalue weighted by molar-refractivity contribution is 7.79. The third-order valence-electron chi connectivity index (χ3n) is 3.01. The molecule has 0 fully saturated rings. The van der Waals surface area contributed by atoms with Crippen LogP contribution in [-0.2, 0) is 9.53 Å². The summed E-state index contributed by atoms with van der Waals surface area (Å²) in [5, 5.41) is 19.6. The topological polar surface area (TPSA) is 95.9 Å². The van der Waals surface area contributed by atoms with Gasteiger partial charge >= 0.3 is 12.1 Å². The number of aliphatic hydroxyl groups excluding tert-OH is 1. The second-order valence-corrected chi connectivity index (χ2v) is 5.12. The highest BCUT2D eigenvalue weighted by Gasteiger charge is 2.55. The molecule has 2 atom stereocenters. The molecule has 0 heterocycles. The average Bonchev–Trinajstić information content (AvgIpc) is 2.63. The molecule has 6 nitrogen and oxygen atoms in total. The van der Waals surface area contributed by atoms with E-state index in [-0.39, 0.29) is 6.92 Å². The lowest BCUT2D eigenvalue weighted by atomic mass is 10.1. The molecule has 0 spiro atoms. The van der Waals surface area contributed by atoms with Gasteiger partial charge in [-0.15, -0.1) is 0 Å². The summed E-state index contributed by atoms with van der Waals surface area (Å²) >= 11 is 3.53. The molecule has 1 amide bonds. The third-order valence-corrected chi connectivity index (χ3v) is 3.01. The van der Waals surface area contributed by atoms with E-state index in [0.717, 1.165) is 12.1 Å². The molecule has 0 aromatic heterocycles. The Balaban J connectivity index is 0. The lowest BCUT2D eigenvalue weighted by Gasteiger charge is -2.24. The molecular weight excluding hydrogens is 406 g/mol. The zero-order chi connectivity index (χ0) is 22.7. The van der Waals surface area contributed by atoms with Crippen LogP contribution in [0, 0.1) is 5.82 Å². The van der Waals surface area contributed by atoms with Gasteiger partial charge in [-0.2, -0.15) is 25.8 Å². The van der Waals surface area contributed by atoms with Crippen LogP contribution in [0.3, 0.4) is 0 Å². The number of rotatable bonds is 5. The van der Waals surface area contributed by atoms with Crippen molar-refractivity contribution in [2.24, 2.45) is 0 Å². The van der Waals surface area contributed by atoms with Crippen molar-refractivity contribution in [3.63, 3.8) is 0 Å². The second kappa shape index (κ2) is 12.6. The van der Waals surface area contributed by atoms with Crippen LogP contribution < -0.4 is 5.32 Å². The van der Waals surface area contributed by atoms with Crippen molar-refractivity contribution in [3.8, 4) is 0 Å². The molecule has 0 aliphatic carbocycles. The van der Waals surface area contributed by atoms with Gasteiger partial charge in [-0.05, 0) is 38.3 Å². The lowest BCUT2D eigenvalue weighted by Crippen LogP contribution is -2.52. The fourth-order valence-electron chi connectivity index (χ4n) is 1.42. The van der Waals surface area contributed by atoms with Crippen LogP contribution in [-0.4, -0.2) is 52.8 Å². The smallest absolute Gasteiger partial charge is 0.426 e. The fraction of sp³-hybridized carbons (Fsp3) is 0.529. The van der Waals surface area contributed by atoms with Crippen molar-refractivity contribution < 1.29 is 42.1 Å². The number of nitrogens with one attached hydrogen (secondary N) is 1. The van der Waals surface area contributed by atoms with E-state index in [9.17, 15) is 32.3 Å². The number of halogens is 4. The molecule has 2 unspecified atom stereocenters. The number of carbonyl (C=O) groups excluding carboxylic acids is 2. The van der Waals surface area contributed by atoms with Crippen molar-refractivity contribution in [1.29, 1.82) is 0 Å². The Labute approximate surface area is 166 Å². The molecule has 0 aliphatic heterocycles. The molecule has 3 N–H and O–H groups in total. The Morgan fingerprint density at radius 3 is 2.14 bits per heavy atom. The van der Waals surface area contributed by atoms with E-state index < -0.39 is 53.4 Å². The largest absolute Gasteiger partial charge is 0.457 e. The van der Waals surface area contributed by atoms with Crippen LogP contribution in [0.1, 0.15) is 38.1 Å². The number of hydrogen-bond donors (Lipinski definition) is 4. The van der Waals surface area contributed by atoms with Gasteiger partial charge in [0.25, 0.3) is 5.91 Å². The minimum Gasteiger partial charge on any atom is -0.457 e. The van der Waals surface area contributed by atoms with Crippen LogP contribution >= 0.6 is 12.6 Å². The Morgan fingerprint density at radius 2 is 1.75 bits per heavy atom. The first-order valence-electron chi connectivity index (χ1n) is 8.06. The molecule has 1 aromatic rings. The quantitative estimate of drug-likeness (QED) is 0.326. The lowest BCUT2D eigenvalue weighted by molar-refractivity contribution is -0.242. The van der Waals surface area contributed by atoms with Gasteiger partial charge in [0.05, 0.1) is 12.2 Å². The standard InChI is InChI=1S/C14H15F4NO5.C2H6.CH4S/c1-7(6-20)24-11(21)9-4-3-8(5-10(9)15)19-12(22)13(2,23)14(16,17)18;2*1-2/h3-5,7,20,23H,6H2,1-2H3,(H,19,22);1-2H3;2H,1H3. The summed E-state index contributed by atoms with van der Waals surface area (Å²) in [6.07, 6.45) is -4.40. The summed E-state index contributed by atoms with van der Waals surface area (Å²) in [5.74, 6) is -4.05. The monoisotopic (exact) mass is 431 g/mol. The summed E-state index contributed by atoms with van der Waals surface area (Å²) in [4.78, 5) is 23.1. The molecule has 0 bridgehead atoms. The van der Waals surface area contributed by atoms with Crippen molar-refractivity contribution in [1.82, 2.24) is 0 Å². The molecular formula is C17H25F4NO5S. The number of hydrogen-bond acceptors (Lipinski definition) is 6. The predicted octanol–water partition coefficient (Wildman–Crippen LogP) is 3.19. The maximum absolute atomic E-state index is 13.8. The number of amides is 1. The van der Waals surface area contributed by atoms with E-state index in [1.807, 2.05) is 13.8 Å². The van der Waals surface area contributed by atoms with Gasteiger partial charge < -0.3 is 20.3 Å². The maximum Gasteiger partial charge on any atom is 0.426 e. The normalized spacial score (nSPS) is 13.6. The molecule has 0 saturated heterocycles. The second-order valence-electron chi connectivity index (χ2n) is 5.12. The Kier molecular flexibility index (Phi) is 12.7. The Hall–Kier alpha value is -1.85. The minimum atomic E-state index is -5.22. The van der Waals surface area contributed by atoms with Crippen molar-refractivity contribution >= 4 is 30.2 Å². The summed E-state index contributed by atoms with van der Waals surface area (Å²) in [7, 11) is 0. The highest BCUT2D eigenvalue weighted by Crippen LogP contribution is 2.31.